The molecule has 1 saturated carbocycles. The van der Waals surface area contributed by atoms with E-state index in [1.54, 1.807) is 6.07 Å². The van der Waals surface area contributed by atoms with Gasteiger partial charge in [0.05, 0.1) is 5.69 Å². The summed E-state index contributed by atoms with van der Waals surface area (Å²) in [4.78, 5) is 26.5. The van der Waals surface area contributed by atoms with E-state index in [0.29, 0.717) is 17.1 Å². The number of carbonyl (C=O) groups excluding carboxylic acids is 2. The molecule has 2 heterocycles. The molecule has 2 amide bonds. The molecule has 8 nitrogen and oxygen atoms in total. The molecule has 3 aromatic rings. The van der Waals surface area contributed by atoms with Crippen LogP contribution in [0.1, 0.15) is 60.4 Å². The molecule has 1 aromatic carbocycles. The zero-order valence-corrected chi connectivity index (χ0v) is 20.1. The zero-order valence-electron chi connectivity index (χ0n) is 20.1. The Hall–Kier alpha value is -4.12. The van der Waals surface area contributed by atoms with Crippen LogP contribution < -0.4 is 10.6 Å². The first kappa shape index (κ1) is 24.0. The van der Waals surface area contributed by atoms with Gasteiger partial charge in [0.2, 0.25) is 0 Å². The molecular weight excluding hydrogens is 440 g/mol. The van der Waals surface area contributed by atoms with Crippen molar-refractivity contribution in [3.63, 3.8) is 0 Å². The van der Waals surface area contributed by atoms with Crippen molar-refractivity contribution in [3.8, 4) is 23.5 Å². The van der Waals surface area contributed by atoms with Gasteiger partial charge in [-0.15, -0.1) is 6.42 Å². The molecule has 1 fully saturated rings. The molecule has 3 N–H and O–H groups in total. The first-order valence-corrected chi connectivity index (χ1v) is 11.9. The van der Waals surface area contributed by atoms with E-state index in [4.69, 9.17) is 6.42 Å². The average molecular weight is 471 g/mol. The normalized spacial score (nSPS) is 13.6. The SMILES string of the molecule is C#CCn1nccc1C(=O)NC(C(=O)Nc1ccc(-c2c(C)n[nH]c2C)cc1)=C1CCCCCC1. The van der Waals surface area contributed by atoms with Crippen LogP contribution in [0.3, 0.4) is 0 Å². The van der Waals surface area contributed by atoms with Gasteiger partial charge in [0.25, 0.3) is 11.8 Å². The lowest BCUT2D eigenvalue weighted by molar-refractivity contribution is -0.113. The second-order valence-corrected chi connectivity index (χ2v) is 8.77. The van der Waals surface area contributed by atoms with Gasteiger partial charge in [0.15, 0.2) is 0 Å². The molecule has 35 heavy (non-hydrogen) atoms. The number of terminal acetylenes is 1. The van der Waals surface area contributed by atoms with Gasteiger partial charge in [-0.3, -0.25) is 14.7 Å². The second kappa shape index (κ2) is 10.9. The maximum atomic E-state index is 13.4. The smallest absolute Gasteiger partial charge is 0.274 e. The van der Waals surface area contributed by atoms with Crippen molar-refractivity contribution in [2.75, 3.05) is 5.32 Å². The molecule has 0 atom stereocenters. The Kier molecular flexibility index (Phi) is 7.46. The van der Waals surface area contributed by atoms with Crippen molar-refractivity contribution in [3.05, 3.63) is 64.9 Å². The van der Waals surface area contributed by atoms with Crippen LogP contribution in [0.4, 0.5) is 5.69 Å². The first-order chi connectivity index (χ1) is 17.0. The topological polar surface area (TPSA) is 105 Å². The summed E-state index contributed by atoms with van der Waals surface area (Å²) >= 11 is 0. The molecule has 0 radical (unpaired) electrons. The summed E-state index contributed by atoms with van der Waals surface area (Å²) in [5.74, 6) is 1.76. The molecule has 8 heteroatoms. The molecule has 4 rings (SSSR count). The van der Waals surface area contributed by atoms with E-state index in [1.807, 2.05) is 38.1 Å². The minimum atomic E-state index is -0.402. The molecular formula is C27H30N6O2. The van der Waals surface area contributed by atoms with Gasteiger partial charge < -0.3 is 10.6 Å². The predicted molar refractivity (Wildman–Crippen MR) is 135 cm³/mol. The number of amides is 2. The number of aryl methyl sites for hydroxylation is 2. The second-order valence-electron chi connectivity index (χ2n) is 8.77. The van der Waals surface area contributed by atoms with Crippen molar-refractivity contribution in [2.24, 2.45) is 0 Å². The number of H-pyrrole nitrogens is 1. The third-order valence-corrected chi connectivity index (χ3v) is 6.28. The predicted octanol–water partition coefficient (Wildman–Crippen LogP) is 4.50. The van der Waals surface area contributed by atoms with Crippen LogP contribution in [0.25, 0.3) is 11.1 Å². The maximum absolute atomic E-state index is 13.4. The highest BCUT2D eigenvalue weighted by molar-refractivity contribution is 6.08. The fourth-order valence-corrected chi connectivity index (χ4v) is 4.52. The summed E-state index contributed by atoms with van der Waals surface area (Å²) in [7, 11) is 0. The fourth-order valence-electron chi connectivity index (χ4n) is 4.52. The Labute approximate surface area is 205 Å². The van der Waals surface area contributed by atoms with Gasteiger partial charge in [-0.2, -0.15) is 10.2 Å². The fraction of sp³-hybridized carbons (Fsp3) is 0.333. The molecule has 2 aromatic heterocycles. The van der Waals surface area contributed by atoms with Gasteiger partial charge in [-0.25, -0.2) is 4.68 Å². The molecule has 1 aliphatic carbocycles. The quantitative estimate of drug-likeness (QED) is 0.280. The molecule has 0 aliphatic heterocycles. The Morgan fingerprint density at radius 1 is 1.09 bits per heavy atom. The lowest BCUT2D eigenvalue weighted by Crippen LogP contribution is -2.33. The van der Waals surface area contributed by atoms with Crippen LogP contribution in [-0.4, -0.2) is 31.8 Å². The van der Waals surface area contributed by atoms with Crippen molar-refractivity contribution in [2.45, 2.75) is 58.9 Å². The first-order valence-electron chi connectivity index (χ1n) is 11.9. The van der Waals surface area contributed by atoms with E-state index < -0.39 is 5.91 Å². The van der Waals surface area contributed by atoms with Crippen LogP contribution in [0.15, 0.2) is 47.8 Å². The number of nitrogens with one attached hydrogen (secondary N) is 3. The Balaban J connectivity index is 1.57. The molecule has 0 unspecified atom stereocenters. The maximum Gasteiger partial charge on any atom is 0.274 e. The number of aromatic nitrogens is 4. The summed E-state index contributed by atoms with van der Waals surface area (Å²) < 4.78 is 1.45. The Morgan fingerprint density at radius 3 is 2.43 bits per heavy atom. The molecule has 180 valence electrons. The number of hydrogen-bond acceptors (Lipinski definition) is 4. The highest BCUT2D eigenvalue weighted by atomic mass is 16.2. The van der Waals surface area contributed by atoms with Crippen LogP contribution in [0.5, 0.6) is 0 Å². The number of carbonyl (C=O) groups is 2. The zero-order chi connectivity index (χ0) is 24.8. The molecule has 1 aliphatic rings. The van der Waals surface area contributed by atoms with Crippen LogP contribution in [0.2, 0.25) is 0 Å². The molecule has 0 saturated heterocycles. The van der Waals surface area contributed by atoms with Gasteiger partial charge in [-0.1, -0.05) is 30.9 Å². The van der Waals surface area contributed by atoms with Crippen molar-refractivity contribution >= 4 is 17.5 Å². The largest absolute Gasteiger partial charge is 0.321 e. The lowest BCUT2D eigenvalue weighted by Gasteiger charge is -2.16. The number of allylic oxidation sites excluding steroid dienone is 1. The van der Waals surface area contributed by atoms with E-state index in [0.717, 1.165) is 66.6 Å². The standard InChI is InChI=1S/C27H30N6O2/c1-4-17-33-23(15-16-28-33)26(34)30-25(21-9-7-5-6-8-10-21)27(35)29-22-13-11-20(12-14-22)24-18(2)31-32-19(24)3/h1,11-16H,5-10,17H2,2-3H3,(H,29,35)(H,30,34)(H,31,32). The third kappa shape index (κ3) is 5.52. The van der Waals surface area contributed by atoms with Gasteiger partial charge in [-0.05, 0) is 68.9 Å². The highest BCUT2D eigenvalue weighted by Gasteiger charge is 2.22. The minimum Gasteiger partial charge on any atom is -0.321 e. The van der Waals surface area contributed by atoms with E-state index in [-0.39, 0.29) is 12.5 Å². The minimum absolute atomic E-state index is 0.176. The summed E-state index contributed by atoms with van der Waals surface area (Å²) in [6.45, 7) is 4.11. The number of rotatable bonds is 6. The van der Waals surface area contributed by atoms with E-state index in [1.165, 1.54) is 10.9 Å². The summed E-state index contributed by atoms with van der Waals surface area (Å²) in [5, 5.41) is 17.2. The summed E-state index contributed by atoms with van der Waals surface area (Å²) in [6.07, 6.45) is 12.7. The van der Waals surface area contributed by atoms with Crippen LogP contribution >= 0.6 is 0 Å². The van der Waals surface area contributed by atoms with Gasteiger partial charge in [0.1, 0.15) is 17.9 Å². The molecule has 0 bridgehead atoms. The Morgan fingerprint density at radius 2 is 1.80 bits per heavy atom. The van der Waals surface area contributed by atoms with Crippen molar-refractivity contribution < 1.29 is 9.59 Å². The number of anilines is 1. The highest BCUT2D eigenvalue weighted by Crippen LogP contribution is 2.28. The number of aromatic amines is 1. The number of nitrogens with zero attached hydrogens (tertiary/aromatic N) is 3. The van der Waals surface area contributed by atoms with E-state index in [9.17, 15) is 9.59 Å². The van der Waals surface area contributed by atoms with Crippen molar-refractivity contribution in [1.29, 1.82) is 0 Å². The van der Waals surface area contributed by atoms with Crippen molar-refractivity contribution in [1.82, 2.24) is 25.3 Å². The van der Waals surface area contributed by atoms with E-state index >= 15 is 0 Å². The summed E-state index contributed by atoms with van der Waals surface area (Å²) in [6, 6.07) is 9.22. The average Bonchev–Trinajstić information content (AvgIpc) is 3.34. The monoisotopic (exact) mass is 470 g/mol. The molecule has 0 spiro atoms. The van der Waals surface area contributed by atoms with Crippen LogP contribution in [0, 0.1) is 26.2 Å². The lowest BCUT2D eigenvalue weighted by atomic mass is 10.0. The van der Waals surface area contributed by atoms with Crippen LogP contribution in [-0.2, 0) is 11.3 Å². The van der Waals surface area contributed by atoms with E-state index in [2.05, 4.69) is 31.9 Å². The third-order valence-electron chi connectivity index (χ3n) is 6.28. The number of hydrogen-bond donors (Lipinski definition) is 3. The van der Waals surface area contributed by atoms with Gasteiger partial charge >= 0.3 is 0 Å². The Bertz CT molecular complexity index is 1260. The van der Waals surface area contributed by atoms with Gasteiger partial charge in [0, 0.05) is 23.1 Å². The number of benzene rings is 1. The summed E-state index contributed by atoms with van der Waals surface area (Å²) in [5.41, 5.74) is 6.24.